The molecule has 0 atom stereocenters. The van der Waals surface area contributed by atoms with Crippen molar-refractivity contribution < 1.29 is 0 Å². The molecular weight excluding hydrogens is 240 g/mol. The lowest BCUT2D eigenvalue weighted by Crippen LogP contribution is -2.09. The maximum Gasteiger partial charge on any atom is -0.00239 e. The number of rotatable bonds is 1. The molecule has 1 aliphatic rings. The van der Waals surface area contributed by atoms with E-state index in [0.717, 1.165) is 5.92 Å². The highest BCUT2D eigenvalue weighted by molar-refractivity contribution is 6.23. The largest absolute Gasteiger partial charge is 0.0610 e. The van der Waals surface area contributed by atoms with Crippen molar-refractivity contribution in [3.8, 4) is 0 Å². The molecule has 5 rings (SSSR count). The topological polar surface area (TPSA) is 0 Å². The van der Waals surface area contributed by atoms with Crippen molar-refractivity contribution in [1.82, 2.24) is 0 Å². The third kappa shape index (κ3) is 1.27. The molecule has 0 aromatic heterocycles. The lowest BCUT2D eigenvalue weighted by atomic mass is 9.76. The molecule has 0 amide bonds. The van der Waals surface area contributed by atoms with Crippen LogP contribution in [0.15, 0.2) is 54.6 Å². The van der Waals surface area contributed by atoms with Gasteiger partial charge < -0.3 is 0 Å². The molecule has 0 aliphatic heterocycles. The first-order valence-corrected chi connectivity index (χ1v) is 7.58. The Kier molecular flexibility index (Phi) is 1.99. The van der Waals surface area contributed by atoms with Crippen LogP contribution in [0.4, 0.5) is 0 Å². The minimum absolute atomic E-state index is 0.782. The first kappa shape index (κ1) is 10.7. The van der Waals surface area contributed by atoms with Gasteiger partial charge >= 0.3 is 0 Å². The van der Waals surface area contributed by atoms with Crippen LogP contribution in [0.3, 0.4) is 0 Å². The summed E-state index contributed by atoms with van der Waals surface area (Å²) in [5, 5.41) is 8.57. The first-order valence-electron chi connectivity index (χ1n) is 7.58. The molecule has 0 bridgehead atoms. The molecule has 0 heterocycles. The third-order valence-corrected chi connectivity index (χ3v) is 5.09. The van der Waals surface area contributed by atoms with Crippen LogP contribution in [0.2, 0.25) is 0 Å². The SMILES string of the molecule is c1cc2ccc3cccc4c(C5CCC5)cc(c1)c2c34. The third-order valence-electron chi connectivity index (χ3n) is 5.09. The van der Waals surface area contributed by atoms with Crippen LogP contribution in [0.25, 0.3) is 32.3 Å². The molecule has 0 radical (unpaired) electrons. The zero-order chi connectivity index (χ0) is 13.1. The van der Waals surface area contributed by atoms with Gasteiger partial charge in [-0.15, -0.1) is 0 Å². The van der Waals surface area contributed by atoms with E-state index in [2.05, 4.69) is 54.6 Å². The highest BCUT2D eigenvalue weighted by atomic mass is 14.3. The molecule has 0 heteroatoms. The number of hydrogen-bond donors (Lipinski definition) is 0. The van der Waals surface area contributed by atoms with Crippen LogP contribution in [-0.4, -0.2) is 0 Å². The Morgan fingerprint density at radius 3 is 2.15 bits per heavy atom. The van der Waals surface area contributed by atoms with E-state index in [4.69, 9.17) is 0 Å². The quantitative estimate of drug-likeness (QED) is 0.375. The Morgan fingerprint density at radius 1 is 0.700 bits per heavy atom. The summed E-state index contributed by atoms with van der Waals surface area (Å²) >= 11 is 0. The summed E-state index contributed by atoms with van der Waals surface area (Å²) in [4.78, 5) is 0. The van der Waals surface area contributed by atoms with E-state index < -0.39 is 0 Å². The van der Waals surface area contributed by atoms with Crippen LogP contribution >= 0.6 is 0 Å². The lowest BCUT2D eigenvalue weighted by Gasteiger charge is -2.28. The standard InChI is InChI=1S/C20H16/c1-4-13(5-1)18-12-16-8-2-6-14-10-11-15-7-3-9-17(18)20(15)19(14)16/h2-3,6-13H,1,4-5H2. The zero-order valence-electron chi connectivity index (χ0n) is 11.4. The van der Waals surface area contributed by atoms with Crippen molar-refractivity contribution in [3.05, 3.63) is 60.2 Å². The van der Waals surface area contributed by atoms with Gasteiger partial charge in [-0.1, -0.05) is 61.0 Å². The lowest BCUT2D eigenvalue weighted by molar-refractivity contribution is 0.422. The average molecular weight is 256 g/mol. The normalized spacial score (nSPS) is 16.2. The fourth-order valence-electron chi connectivity index (χ4n) is 3.85. The van der Waals surface area contributed by atoms with Gasteiger partial charge in [0.25, 0.3) is 0 Å². The number of benzene rings is 4. The van der Waals surface area contributed by atoms with E-state index in [1.165, 1.54) is 51.6 Å². The maximum atomic E-state index is 2.45. The van der Waals surface area contributed by atoms with Gasteiger partial charge in [-0.05, 0) is 56.6 Å². The second-order valence-electron chi connectivity index (χ2n) is 6.14. The molecule has 0 saturated heterocycles. The first-order chi connectivity index (χ1) is 9.92. The summed E-state index contributed by atoms with van der Waals surface area (Å²) in [6.45, 7) is 0. The van der Waals surface area contributed by atoms with Gasteiger partial charge in [0.2, 0.25) is 0 Å². The average Bonchev–Trinajstić information content (AvgIpc) is 2.44. The Hall–Kier alpha value is -2.08. The molecule has 96 valence electrons. The summed E-state index contributed by atoms with van der Waals surface area (Å²) in [7, 11) is 0. The molecular formula is C20H16. The predicted molar refractivity (Wildman–Crippen MR) is 86.7 cm³/mol. The molecule has 0 nitrogen and oxygen atoms in total. The summed E-state index contributed by atoms with van der Waals surface area (Å²) < 4.78 is 0. The second kappa shape index (κ2) is 3.73. The Morgan fingerprint density at radius 2 is 1.40 bits per heavy atom. The molecule has 4 aromatic rings. The Balaban J connectivity index is 2.06. The molecule has 1 fully saturated rings. The fraction of sp³-hybridized carbons (Fsp3) is 0.200. The summed E-state index contributed by atoms with van der Waals surface area (Å²) in [5.41, 5.74) is 1.58. The summed E-state index contributed by atoms with van der Waals surface area (Å²) in [6.07, 6.45) is 4.12. The minimum atomic E-state index is 0.782. The van der Waals surface area contributed by atoms with Crippen LogP contribution in [-0.2, 0) is 0 Å². The molecule has 20 heavy (non-hydrogen) atoms. The smallest absolute Gasteiger partial charge is 0.00239 e. The van der Waals surface area contributed by atoms with Gasteiger partial charge in [-0.25, -0.2) is 0 Å². The van der Waals surface area contributed by atoms with Gasteiger partial charge in [0.1, 0.15) is 0 Å². The van der Waals surface area contributed by atoms with Crippen molar-refractivity contribution >= 4 is 32.3 Å². The monoisotopic (exact) mass is 256 g/mol. The second-order valence-corrected chi connectivity index (χ2v) is 6.14. The van der Waals surface area contributed by atoms with Crippen molar-refractivity contribution in [3.63, 3.8) is 0 Å². The van der Waals surface area contributed by atoms with E-state index >= 15 is 0 Å². The molecule has 1 aliphatic carbocycles. The highest BCUT2D eigenvalue weighted by Gasteiger charge is 2.23. The summed E-state index contributed by atoms with van der Waals surface area (Å²) in [6, 6.07) is 20.5. The zero-order valence-corrected chi connectivity index (χ0v) is 11.4. The molecule has 4 aromatic carbocycles. The Labute approximate surface area is 118 Å². The van der Waals surface area contributed by atoms with E-state index in [-0.39, 0.29) is 0 Å². The van der Waals surface area contributed by atoms with Crippen LogP contribution in [0.5, 0.6) is 0 Å². The van der Waals surface area contributed by atoms with Crippen LogP contribution in [0.1, 0.15) is 30.7 Å². The predicted octanol–water partition coefficient (Wildman–Crippen LogP) is 5.85. The van der Waals surface area contributed by atoms with E-state index in [0.29, 0.717) is 0 Å². The highest BCUT2D eigenvalue weighted by Crippen LogP contribution is 2.44. The van der Waals surface area contributed by atoms with E-state index in [1.54, 1.807) is 5.56 Å². The number of hydrogen-bond acceptors (Lipinski definition) is 0. The maximum absolute atomic E-state index is 2.45. The fourth-order valence-corrected chi connectivity index (χ4v) is 3.85. The molecule has 0 N–H and O–H groups in total. The molecule has 0 unspecified atom stereocenters. The Bertz CT molecular complexity index is 929. The summed E-state index contributed by atoms with van der Waals surface area (Å²) in [5.74, 6) is 0.782. The van der Waals surface area contributed by atoms with Crippen LogP contribution < -0.4 is 0 Å². The van der Waals surface area contributed by atoms with Gasteiger partial charge in [0.15, 0.2) is 0 Å². The van der Waals surface area contributed by atoms with Crippen LogP contribution in [0, 0.1) is 0 Å². The van der Waals surface area contributed by atoms with Gasteiger partial charge in [0.05, 0.1) is 0 Å². The van der Waals surface area contributed by atoms with Crippen molar-refractivity contribution in [2.24, 2.45) is 0 Å². The van der Waals surface area contributed by atoms with E-state index in [1.807, 2.05) is 0 Å². The minimum Gasteiger partial charge on any atom is -0.0610 e. The molecule has 1 saturated carbocycles. The van der Waals surface area contributed by atoms with Crippen molar-refractivity contribution in [1.29, 1.82) is 0 Å². The van der Waals surface area contributed by atoms with Gasteiger partial charge in [-0.3, -0.25) is 0 Å². The van der Waals surface area contributed by atoms with Crippen molar-refractivity contribution in [2.45, 2.75) is 25.2 Å². The van der Waals surface area contributed by atoms with Gasteiger partial charge in [0, 0.05) is 0 Å². The van der Waals surface area contributed by atoms with Crippen molar-refractivity contribution in [2.75, 3.05) is 0 Å². The van der Waals surface area contributed by atoms with E-state index in [9.17, 15) is 0 Å². The molecule has 0 spiro atoms. The van der Waals surface area contributed by atoms with Gasteiger partial charge in [-0.2, -0.15) is 0 Å².